The Balaban J connectivity index is 2.68. The van der Waals surface area contributed by atoms with Crippen molar-refractivity contribution in [3.8, 4) is 0 Å². The molecule has 0 bridgehead atoms. The molecule has 0 radical (unpaired) electrons. The molecule has 3 nitrogen and oxygen atoms in total. The Bertz CT molecular complexity index is 408. The number of halogens is 1. The van der Waals surface area contributed by atoms with Gasteiger partial charge in [0.2, 0.25) is 0 Å². The average molecular weight is 265 g/mol. The van der Waals surface area contributed by atoms with E-state index >= 15 is 0 Å². The summed E-state index contributed by atoms with van der Waals surface area (Å²) in [6, 6.07) is 0.0451. The van der Waals surface area contributed by atoms with Gasteiger partial charge in [-0.2, -0.15) is 0 Å². The summed E-state index contributed by atoms with van der Waals surface area (Å²) in [5.74, 6) is -0.154. The molecule has 106 valence electrons. The van der Waals surface area contributed by atoms with E-state index < -0.39 is 0 Å². The monoisotopic (exact) mass is 265 g/mol. The summed E-state index contributed by atoms with van der Waals surface area (Å²) in [5.41, 5.74) is 3.42. The molecule has 1 saturated heterocycles. The molecule has 19 heavy (non-hydrogen) atoms. The molecule has 0 saturated carbocycles. The van der Waals surface area contributed by atoms with E-state index in [4.69, 9.17) is 0 Å². The van der Waals surface area contributed by atoms with Gasteiger partial charge in [0.1, 0.15) is 5.83 Å². The molecule has 1 fully saturated rings. The van der Waals surface area contributed by atoms with E-state index in [-0.39, 0.29) is 11.9 Å². The summed E-state index contributed by atoms with van der Waals surface area (Å²) in [5, 5.41) is 6.68. The van der Waals surface area contributed by atoms with Gasteiger partial charge < -0.3 is 10.6 Å². The molecule has 0 spiro atoms. The first-order valence-electron chi connectivity index (χ1n) is 6.68. The molecule has 1 rings (SSSR count). The normalized spacial score (nSPS) is 23.2. The smallest absolute Gasteiger partial charge is 0.102 e. The van der Waals surface area contributed by atoms with Crippen molar-refractivity contribution >= 4 is 5.71 Å². The zero-order chi connectivity index (χ0) is 14.3. The van der Waals surface area contributed by atoms with Gasteiger partial charge in [-0.25, -0.2) is 4.39 Å². The van der Waals surface area contributed by atoms with Crippen molar-refractivity contribution in [1.82, 2.24) is 10.6 Å². The van der Waals surface area contributed by atoms with Crippen molar-refractivity contribution in [2.45, 2.75) is 32.7 Å². The lowest BCUT2D eigenvalue weighted by molar-refractivity contribution is 0.511. The van der Waals surface area contributed by atoms with Gasteiger partial charge in [-0.1, -0.05) is 12.7 Å². The van der Waals surface area contributed by atoms with Gasteiger partial charge in [0.05, 0.1) is 0 Å². The van der Waals surface area contributed by atoms with E-state index in [1.807, 2.05) is 20.9 Å². The summed E-state index contributed by atoms with van der Waals surface area (Å²) in [6.07, 6.45) is 4.19. The Hall–Kier alpha value is -1.42. The van der Waals surface area contributed by atoms with Gasteiger partial charge >= 0.3 is 0 Å². The predicted octanol–water partition coefficient (Wildman–Crippen LogP) is 2.73. The number of hydrogen-bond donors (Lipinski definition) is 2. The van der Waals surface area contributed by atoms with Crippen molar-refractivity contribution in [2.75, 3.05) is 20.1 Å². The molecule has 1 aliphatic heterocycles. The quantitative estimate of drug-likeness (QED) is 0.750. The van der Waals surface area contributed by atoms with E-state index in [0.29, 0.717) is 6.42 Å². The fraction of sp³-hybridized carbons (Fsp3) is 0.533. The molecule has 1 unspecified atom stereocenters. The lowest BCUT2D eigenvalue weighted by atomic mass is 10.0. The average Bonchev–Trinajstić information content (AvgIpc) is 2.38. The van der Waals surface area contributed by atoms with Crippen LogP contribution in [0, 0.1) is 0 Å². The lowest BCUT2D eigenvalue weighted by Crippen LogP contribution is -2.35. The van der Waals surface area contributed by atoms with Crippen LogP contribution in [0.25, 0.3) is 0 Å². The lowest BCUT2D eigenvalue weighted by Gasteiger charge is -2.23. The zero-order valence-electron chi connectivity index (χ0n) is 12.1. The third kappa shape index (κ3) is 4.99. The largest absolute Gasteiger partial charge is 0.385 e. The summed E-state index contributed by atoms with van der Waals surface area (Å²) in [6.45, 7) is 9.28. The van der Waals surface area contributed by atoms with E-state index in [9.17, 15) is 4.39 Å². The van der Waals surface area contributed by atoms with Crippen LogP contribution in [0.2, 0.25) is 0 Å². The Kier molecular flexibility index (Phi) is 6.50. The van der Waals surface area contributed by atoms with Crippen LogP contribution in [-0.4, -0.2) is 31.9 Å². The van der Waals surface area contributed by atoms with Crippen LogP contribution in [0.3, 0.4) is 0 Å². The maximum Gasteiger partial charge on any atom is 0.102 e. The number of nitrogens with zero attached hydrogens (tertiary/aromatic N) is 1. The minimum Gasteiger partial charge on any atom is -0.385 e. The van der Waals surface area contributed by atoms with Crippen molar-refractivity contribution in [3.63, 3.8) is 0 Å². The van der Waals surface area contributed by atoms with Gasteiger partial charge in [0.15, 0.2) is 0 Å². The molecular formula is C15H24FN3. The molecule has 0 aromatic heterocycles. The van der Waals surface area contributed by atoms with E-state index in [2.05, 4.69) is 22.2 Å². The fourth-order valence-electron chi connectivity index (χ4n) is 2.27. The number of aliphatic imine (C=N–C) groups is 1. The number of piperidine rings is 1. The highest BCUT2D eigenvalue weighted by Gasteiger charge is 2.16. The number of hydrogen-bond acceptors (Lipinski definition) is 3. The zero-order valence-corrected chi connectivity index (χ0v) is 12.1. The van der Waals surface area contributed by atoms with Crippen molar-refractivity contribution in [3.05, 3.63) is 35.8 Å². The highest BCUT2D eigenvalue weighted by molar-refractivity contribution is 6.01. The molecule has 2 N–H and O–H groups in total. The Morgan fingerprint density at radius 2 is 2.37 bits per heavy atom. The molecule has 0 amide bonds. The van der Waals surface area contributed by atoms with Crippen molar-refractivity contribution < 1.29 is 4.39 Å². The molecular weight excluding hydrogens is 241 g/mol. The number of nitrogens with one attached hydrogen (secondary N) is 2. The Morgan fingerprint density at radius 3 is 3.00 bits per heavy atom. The van der Waals surface area contributed by atoms with Crippen LogP contribution in [0.4, 0.5) is 4.39 Å². The van der Waals surface area contributed by atoms with Crippen LogP contribution in [0.15, 0.2) is 40.8 Å². The summed E-state index contributed by atoms with van der Waals surface area (Å²) < 4.78 is 13.4. The van der Waals surface area contributed by atoms with E-state index in [1.165, 1.54) is 17.7 Å². The van der Waals surface area contributed by atoms with Crippen molar-refractivity contribution in [2.24, 2.45) is 4.99 Å². The first kappa shape index (κ1) is 15.6. The Labute approximate surface area is 115 Å². The van der Waals surface area contributed by atoms with Gasteiger partial charge in [-0.15, -0.1) is 0 Å². The highest BCUT2D eigenvalue weighted by Crippen LogP contribution is 2.13. The van der Waals surface area contributed by atoms with Crippen LogP contribution >= 0.6 is 0 Å². The number of allylic oxidation sites excluding steroid dienone is 3. The molecule has 1 atom stereocenters. The van der Waals surface area contributed by atoms with Gasteiger partial charge in [0, 0.05) is 56.0 Å². The van der Waals surface area contributed by atoms with E-state index in [1.54, 1.807) is 0 Å². The minimum absolute atomic E-state index is 0.0451. The first-order chi connectivity index (χ1) is 9.08. The second-order valence-corrected chi connectivity index (χ2v) is 4.80. The van der Waals surface area contributed by atoms with Crippen LogP contribution < -0.4 is 10.6 Å². The van der Waals surface area contributed by atoms with Crippen molar-refractivity contribution in [1.29, 1.82) is 0 Å². The van der Waals surface area contributed by atoms with Gasteiger partial charge in [-0.3, -0.25) is 4.99 Å². The number of rotatable bonds is 5. The topological polar surface area (TPSA) is 36.4 Å². The third-order valence-electron chi connectivity index (χ3n) is 3.17. The summed E-state index contributed by atoms with van der Waals surface area (Å²) in [7, 11) is 1.82. The molecule has 0 aromatic carbocycles. The summed E-state index contributed by atoms with van der Waals surface area (Å²) >= 11 is 0. The molecule has 0 aromatic rings. The molecule has 1 aliphatic rings. The second-order valence-electron chi connectivity index (χ2n) is 4.80. The molecule has 4 heteroatoms. The van der Waals surface area contributed by atoms with Crippen LogP contribution in [-0.2, 0) is 0 Å². The van der Waals surface area contributed by atoms with Crippen LogP contribution in [0.1, 0.15) is 26.7 Å². The predicted molar refractivity (Wildman–Crippen MR) is 80.1 cm³/mol. The maximum absolute atomic E-state index is 13.4. The highest BCUT2D eigenvalue weighted by atomic mass is 19.1. The fourth-order valence-corrected chi connectivity index (χ4v) is 2.27. The molecule has 1 heterocycles. The molecule has 0 aliphatic carbocycles. The third-order valence-corrected chi connectivity index (χ3v) is 3.17. The van der Waals surface area contributed by atoms with Crippen LogP contribution in [0.5, 0.6) is 0 Å². The first-order valence-corrected chi connectivity index (χ1v) is 6.68. The minimum atomic E-state index is -0.154. The van der Waals surface area contributed by atoms with E-state index in [0.717, 1.165) is 30.9 Å². The maximum atomic E-state index is 13.4. The SMILES string of the molecule is C=C/C=C(/F)CC(C)NC(C)=C1CNCCC1=NC. The second kappa shape index (κ2) is 7.89. The Morgan fingerprint density at radius 1 is 1.63 bits per heavy atom. The summed E-state index contributed by atoms with van der Waals surface area (Å²) in [4.78, 5) is 4.33. The van der Waals surface area contributed by atoms with Gasteiger partial charge in [0.25, 0.3) is 0 Å². The standard InChI is InChI=1S/C15H24FN3/c1-5-6-13(16)9-11(2)19-12(3)14-10-18-8-7-15(14)17-4/h5-6,11,18-19H,1,7-10H2,2-4H3/b13-6+,14-12?,17-15?. The van der Waals surface area contributed by atoms with Gasteiger partial charge in [-0.05, 0) is 19.9 Å².